The number of hydrogen-bond donors (Lipinski definition) is 2. The predicted molar refractivity (Wildman–Crippen MR) is 85.9 cm³/mol. The van der Waals surface area contributed by atoms with E-state index in [9.17, 15) is 4.79 Å². The van der Waals surface area contributed by atoms with Crippen LogP contribution in [0.4, 0.5) is 0 Å². The summed E-state index contributed by atoms with van der Waals surface area (Å²) in [4.78, 5) is 16.8. The van der Waals surface area contributed by atoms with Gasteiger partial charge < -0.3 is 10.6 Å². The Morgan fingerprint density at radius 1 is 1.33 bits per heavy atom. The topological polar surface area (TPSA) is 54.0 Å². The first-order valence-electron chi connectivity index (χ1n) is 6.96. The second kappa shape index (κ2) is 6.56. The van der Waals surface area contributed by atoms with Crippen LogP contribution in [0.15, 0.2) is 29.6 Å². The molecule has 1 aliphatic rings. The Balaban J connectivity index is 1.82. The van der Waals surface area contributed by atoms with Crippen molar-refractivity contribution in [2.75, 3.05) is 13.1 Å². The number of carbonyl (C=O) groups is 1. The van der Waals surface area contributed by atoms with Gasteiger partial charge in [0.1, 0.15) is 10.2 Å². The van der Waals surface area contributed by atoms with Crippen LogP contribution in [0.1, 0.15) is 23.2 Å². The highest BCUT2D eigenvalue weighted by Gasteiger charge is 2.19. The summed E-state index contributed by atoms with van der Waals surface area (Å²) in [7, 11) is 0. The highest BCUT2D eigenvalue weighted by Crippen LogP contribution is 2.28. The van der Waals surface area contributed by atoms with E-state index in [-0.39, 0.29) is 11.9 Å². The molecule has 0 radical (unpaired) electrons. The summed E-state index contributed by atoms with van der Waals surface area (Å²) < 4.78 is 0. The molecule has 0 bridgehead atoms. The standard InChI is InChI=1S/C15H16ClN3OS/c16-13-9-21-15(19-13)12-4-2-1-3-11(12)14(20)18-10-5-7-17-8-6-10/h1-4,9-10,17H,5-8H2,(H,18,20). The number of piperidine rings is 1. The molecular formula is C15H16ClN3OS. The molecule has 1 fully saturated rings. The Morgan fingerprint density at radius 2 is 2.10 bits per heavy atom. The number of thiazole rings is 1. The zero-order valence-electron chi connectivity index (χ0n) is 11.4. The van der Waals surface area contributed by atoms with E-state index in [0.29, 0.717) is 10.7 Å². The van der Waals surface area contributed by atoms with E-state index in [1.165, 1.54) is 11.3 Å². The number of halogens is 1. The number of amides is 1. The fourth-order valence-electron chi connectivity index (χ4n) is 2.47. The molecule has 0 saturated carbocycles. The van der Waals surface area contributed by atoms with E-state index in [0.717, 1.165) is 36.5 Å². The highest BCUT2D eigenvalue weighted by atomic mass is 35.5. The fraction of sp³-hybridized carbons (Fsp3) is 0.333. The van der Waals surface area contributed by atoms with Gasteiger partial charge in [-0.25, -0.2) is 4.98 Å². The summed E-state index contributed by atoms with van der Waals surface area (Å²) in [5.74, 6) is -0.0381. The number of nitrogens with zero attached hydrogens (tertiary/aromatic N) is 1. The van der Waals surface area contributed by atoms with Gasteiger partial charge in [-0.3, -0.25) is 4.79 Å². The average Bonchev–Trinajstić information content (AvgIpc) is 2.95. The van der Waals surface area contributed by atoms with Gasteiger partial charge in [0.15, 0.2) is 0 Å². The number of carbonyl (C=O) groups excluding carboxylic acids is 1. The molecule has 2 aromatic rings. The van der Waals surface area contributed by atoms with Crippen molar-refractivity contribution in [3.05, 3.63) is 40.4 Å². The smallest absolute Gasteiger partial charge is 0.252 e. The van der Waals surface area contributed by atoms with Gasteiger partial charge in [0.2, 0.25) is 0 Å². The van der Waals surface area contributed by atoms with E-state index < -0.39 is 0 Å². The third-order valence-corrected chi connectivity index (χ3v) is 4.75. The molecule has 110 valence electrons. The van der Waals surface area contributed by atoms with Crippen LogP contribution in [-0.4, -0.2) is 30.0 Å². The molecule has 4 nitrogen and oxygen atoms in total. The first-order valence-corrected chi connectivity index (χ1v) is 8.22. The van der Waals surface area contributed by atoms with Crippen molar-refractivity contribution in [1.82, 2.24) is 15.6 Å². The van der Waals surface area contributed by atoms with Crippen LogP contribution in [0.25, 0.3) is 10.6 Å². The summed E-state index contributed by atoms with van der Waals surface area (Å²) in [6.45, 7) is 1.91. The average molecular weight is 322 g/mol. The molecule has 0 spiro atoms. The Bertz CT molecular complexity index is 637. The maximum atomic E-state index is 12.5. The zero-order chi connectivity index (χ0) is 14.7. The van der Waals surface area contributed by atoms with Crippen molar-refractivity contribution in [2.24, 2.45) is 0 Å². The van der Waals surface area contributed by atoms with Crippen molar-refractivity contribution in [1.29, 1.82) is 0 Å². The molecule has 0 atom stereocenters. The predicted octanol–water partition coefficient (Wildman–Crippen LogP) is 2.95. The summed E-state index contributed by atoms with van der Waals surface area (Å²) in [5.41, 5.74) is 1.49. The third-order valence-electron chi connectivity index (χ3n) is 3.55. The first kappa shape index (κ1) is 14.5. The third kappa shape index (κ3) is 3.43. The van der Waals surface area contributed by atoms with Crippen molar-refractivity contribution in [3.8, 4) is 10.6 Å². The van der Waals surface area contributed by atoms with Gasteiger partial charge in [-0.05, 0) is 32.0 Å². The molecular weight excluding hydrogens is 306 g/mol. The normalized spacial score (nSPS) is 15.9. The molecule has 1 saturated heterocycles. The van der Waals surface area contributed by atoms with Crippen LogP contribution in [0, 0.1) is 0 Å². The maximum absolute atomic E-state index is 12.5. The maximum Gasteiger partial charge on any atom is 0.252 e. The molecule has 1 aromatic heterocycles. The SMILES string of the molecule is O=C(NC1CCNCC1)c1ccccc1-c1nc(Cl)cs1. The minimum absolute atomic E-state index is 0.0381. The molecule has 1 aromatic carbocycles. The molecule has 3 rings (SSSR count). The van der Waals surface area contributed by atoms with Gasteiger partial charge in [-0.1, -0.05) is 29.8 Å². The van der Waals surface area contributed by atoms with Gasteiger partial charge >= 0.3 is 0 Å². The van der Waals surface area contributed by atoms with Gasteiger partial charge in [-0.15, -0.1) is 11.3 Å². The van der Waals surface area contributed by atoms with Gasteiger partial charge in [0.25, 0.3) is 5.91 Å². The van der Waals surface area contributed by atoms with Crippen LogP contribution >= 0.6 is 22.9 Å². The molecule has 2 N–H and O–H groups in total. The quantitative estimate of drug-likeness (QED) is 0.914. The second-order valence-electron chi connectivity index (χ2n) is 5.02. The minimum atomic E-state index is -0.0381. The molecule has 6 heteroatoms. The number of aromatic nitrogens is 1. The van der Waals surface area contributed by atoms with E-state index in [1.54, 1.807) is 5.38 Å². The number of hydrogen-bond acceptors (Lipinski definition) is 4. The fourth-order valence-corrected chi connectivity index (χ4v) is 3.46. The van der Waals surface area contributed by atoms with Crippen LogP contribution in [0.3, 0.4) is 0 Å². The van der Waals surface area contributed by atoms with Gasteiger partial charge in [0.05, 0.1) is 0 Å². The minimum Gasteiger partial charge on any atom is -0.349 e. The van der Waals surface area contributed by atoms with Gasteiger partial charge in [0, 0.05) is 22.5 Å². The number of rotatable bonds is 3. The summed E-state index contributed by atoms with van der Waals surface area (Å²) in [5, 5.41) is 9.42. The molecule has 2 heterocycles. The van der Waals surface area contributed by atoms with E-state index in [2.05, 4.69) is 15.6 Å². The lowest BCUT2D eigenvalue weighted by Gasteiger charge is -2.24. The van der Waals surface area contributed by atoms with E-state index in [1.807, 2.05) is 24.3 Å². The highest BCUT2D eigenvalue weighted by molar-refractivity contribution is 7.13. The largest absolute Gasteiger partial charge is 0.349 e. The van der Waals surface area contributed by atoms with Crippen LogP contribution in [0.5, 0.6) is 0 Å². The summed E-state index contributed by atoms with van der Waals surface area (Å²) in [6, 6.07) is 7.77. The lowest BCUT2D eigenvalue weighted by molar-refractivity contribution is 0.0930. The molecule has 0 unspecified atom stereocenters. The Kier molecular flexibility index (Phi) is 4.53. The van der Waals surface area contributed by atoms with Gasteiger partial charge in [-0.2, -0.15) is 0 Å². The second-order valence-corrected chi connectivity index (χ2v) is 6.26. The van der Waals surface area contributed by atoms with Crippen LogP contribution in [0.2, 0.25) is 5.15 Å². The van der Waals surface area contributed by atoms with Crippen molar-refractivity contribution >= 4 is 28.8 Å². The Hall–Kier alpha value is -1.43. The van der Waals surface area contributed by atoms with E-state index in [4.69, 9.17) is 11.6 Å². The monoisotopic (exact) mass is 321 g/mol. The molecule has 1 aliphatic heterocycles. The first-order chi connectivity index (χ1) is 10.2. The number of benzene rings is 1. The van der Waals surface area contributed by atoms with Crippen molar-refractivity contribution < 1.29 is 4.79 Å². The zero-order valence-corrected chi connectivity index (χ0v) is 13.0. The lowest BCUT2D eigenvalue weighted by Crippen LogP contribution is -2.42. The molecule has 21 heavy (non-hydrogen) atoms. The Labute approximate surface area is 132 Å². The molecule has 0 aliphatic carbocycles. The molecule has 1 amide bonds. The Morgan fingerprint density at radius 3 is 2.81 bits per heavy atom. The van der Waals surface area contributed by atoms with Crippen molar-refractivity contribution in [3.63, 3.8) is 0 Å². The summed E-state index contributed by atoms with van der Waals surface area (Å²) >= 11 is 7.34. The number of nitrogens with one attached hydrogen (secondary N) is 2. The summed E-state index contributed by atoms with van der Waals surface area (Å²) in [6.07, 6.45) is 1.94. The van der Waals surface area contributed by atoms with Crippen LogP contribution < -0.4 is 10.6 Å². The lowest BCUT2D eigenvalue weighted by atomic mass is 10.0. The van der Waals surface area contributed by atoms with Crippen molar-refractivity contribution in [2.45, 2.75) is 18.9 Å². The van der Waals surface area contributed by atoms with Crippen LogP contribution in [-0.2, 0) is 0 Å². The van der Waals surface area contributed by atoms with E-state index >= 15 is 0 Å².